The minimum absolute atomic E-state index is 0.243. The number of ether oxygens (including phenoxy) is 2. The van der Waals surface area contributed by atoms with E-state index in [-0.39, 0.29) is 5.56 Å². The first-order chi connectivity index (χ1) is 14.4. The number of benzene rings is 2. The molecule has 0 fully saturated rings. The summed E-state index contributed by atoms with van der Waals surface area (Å²) in [7, 11) is 0. The van der Waals surface area contributed by atoms with Crippen LogP contribution >= 0.6 is 27.3 Å². The zero-order valence-corrected chi connectivity index (χ0v) is 18.5. The minimum atomic E-state index is -0.429. The van der Waals surface area contributed by atoms with Gasteiger partial charge in [0.15, 0.2) is 17.3 Å². The predicted octanol–water partition coefficient (Wildman–Crippen LogP) is 3.45. The van der Waals surface area contributed by atoms with Crippen LogP contribution in [0.2, 0.25) is 0 Å². The van der Waals surface area contributed by atoms with Crippen molar-refractivity contribution >= 4 is 44.3 Å². The summed E-state index contributed by atoms with van der Waals surface area (Å²) in [6, 6.07) is 12.7. The van der Waals surface area contributed by atoms with Crippen LogP contribution in [0.3, 0.4) is 0 Å². The Balaban J connectivity index is 1.72. The van der Waals surface area contributed by atoms with E-state index in [9.17, 15) is 9.59 Å². The molecule has 4 aromatic rings. The standard InChI is InChI=1S/C21H16BrN3O4S/c1-3-28-17-10-13(4-9-16(17)29-12(2)26)11-18-20(27)25-21(30-18)23-19(24-25)14-5-7-15(22)8-6-14/h4-11H,3H2,1-2H3. The van der Waals surface area contributed by atoms with Crippen molar-refractivity contribution in [3.63, 3.8) is 0 Å². The van der Waals surface area contributed by atoms with Crippen molar-refractivity contribution in [2.75, 3.05) is 6.61 Å². The number of esters is 1. The molecule has 0 aliphatic rings. The van der Waals surface area contributed by atoms with E-state index in [1.807, 2.05) is 31.2 Å². The smallest absolute Gasteiger partial charge is 0.308 e. The fraction of sp³-hybridized carbons (Fsp3) is 0.143. The SMILES string of the molecule is CCOc1cc(C=c2sc3nc(-c4ccc(Br)cc4)nn3c2=O)ccc1OC(C)=O. The maximum Gasteiger partial charge on any atom is 0.308 e. The lowest BCUT2D eigenvalue weighted by Crippen LogP contribution is -2.23. The lowest BCUT2D eigenvalue weighted by atomic mass is 10.2. The van der Waals surface area contributed by atoms with Crippen LogP contribution in [0.5, 0.6) is 11.5 Å². The monoisotopic (exact) mass is 485 g/mol. The maximum absolute atomic E-state index is 12.8. The van der Waals surface area contributed by atoms with Crippen molar-refractivity contribution in [2.45, 2.75) is 13.8 Å². The number of carbonyl (C=O) groups is 1. The molecule has 4 rings (SSSR count). The second-order valence-corrected chi connectivity index (χ2v) is 8.21. The number of nitrogens with zero attached hydrogens (tertiary/aromatic N) is 3. The Hall–Kier alpha value is -3.04. The van der Waals surface area contributed by atoms with Gasteiger partial charge in [0.1, 0.15) is 0 Å². The molecule has 2 aromatic carbocycles. The molecule has 152 valence electrons. The fourth-order valence-electron chi connectivity index (χ4n) is 2.83. The van der Waals surface area contributed by atoms with E-state index >= 15 is 0 Å². The third-order valence-corrected chi connectivity index (χ3v) is 5.59. The molecule has 2 aromatic heterocycles. The first kappa shape index (κ1) is 20.2. The van der Waals surface area contributed by atoms with Crippen LogP contribution in [0, 0.1) is 0 Å². The highest BCUT2D eigenvalue weighted by Crippen LogP contribution is 2.29. The van der Waals surface area contributed by atoms with Gasteiger partial charge in [-0.1, -0.05) is 45.5 Å². The van der Waals surface area contributed by atoms with Gasteiger partial charge in [-0.25, -0.2) is 0 Å². The normalized spacial score (nSPS) is 11.8. The Morgan fingerprint density at radius 1 is 1.20 bits per heavy atom. The van der Waals surface area contributed by atoms with Crippen LogP contribution in [0.4, 0.5) is 0 Å². The largest absolute Gasteiger partial charge is 0.490 e. The van der Waals surface area contributed by atoms with Gasteiger partial charge in [-0.05, 0) is 42.8 Å². The molecule has 0 saturated carbocycles. The molecular formula is C21H16BrN3O4S. The lowest BCUT2D eigenvalue weighted by Gasteiger charge is -2.10. The van der Waals surface area contributed by atoms with E-state index in [0.29, 0.717) is 33.4 Å². The molecule has 30 heavy (non-hydrogen) atoms. The molecule has 0 spiro atoms. The molecule has 0 atom stereocenters. The number of hydrogen-bond acceptors (Lipinski definition) is 7. The summed E-state index contributed by atoms with van der Waals surface area (Å²) in [5.41, 5.74) is 1.33. The predicted molar refractivity (Wildman–Crippen MR) is 118 cm³/mol. The Bertz CT molecular complexity index is 1350. The van der Waals surface area contributed by atoms with E-state index in [1.54, 1.807) is 24.3 Å². The van der Waals surface area contributed by atoms with Gasteiger partial charge >= 0.3 is 5.97 Å². The van der Waals surface area contributed by atoms with E-state index < -0.39 is 5.97 Å². The Morgan fingerprint density at radius 3 is 2.63 bits per heavy atom. The number of aromatic nitrogens is 3. The summed E-state index contributed by atoms with van der Waals surface area (Å²) in [6.07, 6.45) is 1.74. The van der Waals surface area contributed by atoms with Crippen molar-refractivity contribution in [3.8, 4) is 22.9 Å². The second kappa shape index (κ2) is 8.37. The molecule has 0 amide bonds. The van der Waals surface area contributed by atoms with Gasteiger partial charge in [0.05, 0.1) is 11.1 Å². The number of rotatable bonds is 5. The summed E-state index contributed by atoms with van der Waals surface area (Å²) in [5, 5.41) is 4.35. The maximum atomic E-state index is 12.8. The summed E-state index contributed by atoms with van der Waals surface area (Å²) >= 11 is 4.65. The van der Waals surface area contributed by atoms with Gasteiger partial charge in [-0.2, -0.15) is 9.50 Å². The van der Waals surface area contributed by atoms with Crippen LogP contribution < -0.4 is 19.6 Å². The summed E-state index contributed by atoms with van der Waals surface area (Å²) in [5.74, 6) is 0.847. The van der Waals surface area contributed by atoms with E-state index in [1.165, 1.54) is 22.8 Å². The number of hydrogen-bond donors (Lipinski definition) is 0. The average Bonchev–Trinajstić information content (AvgIpc) is 3.24. The van der Waals surface area contributed by atoms with Crippen LogP contribution in [0.15, 0.2) is 51.7 Å². The minimum Gasteiger partial charge on any atom is -0.490 e. The highest BCUT2D eigenvalue weighted by molar-refractivity contribution is 9.10. The third-order valence-electron chi connectivity index (χ3n) is 4.10. The Labute approximate surface area is 183 Å². The second-order valence-electron chi connectivity index (χ2n) is 6.29. The van der Waals surface area contributed by atoms with Gasteiger partial charge in [0.25, 0.3) is 5.56 Å². The zero-order valence-electron chi connectivity index (χ0n) is 16.1. The van der Waals surface area contributed by atoms with Crippen molar-refractivity contribution in [1.29, 1.82) is 0 Å². The van der Waals surface area contributed by atoms with E-state index in [2.05, 4.69) is 26.0 Å². The fourth-order valence-corrected chi connectivity index (χ4v) is 4.00. The Morgan fingerprint density at radius 2 is 1.97 bits per heavy atom. The zero-order chi connectivity index (χ0) is 21.3. The van der Waals surface area contributed by atoms with Crippen molar-refractivity contribution in [3.05, 3.63) is 67.4 Å². The van der Waals surface area contributed by atoms with Gasteiger partial charge in [-0.15, -0.1) is 5.10 Å². The highest BCUT2D eigenvalue weighted by Gasteiger charge is 2.13. The van der Waals surface area contributed by atoms with Crippen molar-refractivity contribution in [1.82, 2.24) is 14.6 Å². The molecule has 7 nitrogen and oxygen atoms in total. The summed E-state index contributed by atoms with van der Waals surface area (Å²) < 4.78 is 13.5. The van der Waals surface area contributed by atoms with Crippen LogP contribution in [-0.2, 0) is 4.79 Å². The van der Waals surface area contributed by atoms with Gasteiger partial charge < -0.3 is 9.47 Å². The number of fused-ring (bicyclic) bond motifs is 1. The Kier molecular flexibility index (Phi) is 5.65. The molecule has 9 heteroatoms. The van der Waals surface area contributed by atoms with Crippen LogP contribution in [-0.4, -0.2) is 27.2 Å². The molecule has 0 aliphatic heterocycles. The average molecular weight is 486 g/mol. The molecular weight excluding hydrogens is 470 g/mol. The number of carbonyl (C=O) groups excluding carboxylic acids is 1. The number of thiazole rings is 1. The lowest BCUT2D eigenvalue weighted by molar-refractivity contribution is -0.132. The van der Waals surface area contributed by atoms with Crippen LogP contribution in [0.1, 0.15) is 19.4 Å². The third kappa shape index (κ3) is 4.12. The molecule has 0 aliphatic carbocycles. The topological polar surface area (TPSA) is 82.8 Å². The summed E-state index contributed by atoms with van der Waals surface area (Å²) in [6.45, 7) is 3.59. The molecule has 0 radical (unpaired) electrons. The van der Waals surface area contributed by atoms with Gasteiger partial charge in [0.2, 0.25) is 4.96 Å². The van der Waals surface area contributed by atoms with Gasteiger partial charge in [0, 0.05) is 17.0 Å². The molecule has 0 unspecified atom stereocenters. The number of halogens is 1. The van der Waals surface area contributed by atoms with Crippen molar-refractivity contribution < 1.29 is 14.3 Å². The highest BCUT2D eigenvalue weighted by atomic mass is 79.9. The first-order valence-corrected chi connectivity index (χ1v) is 10.7. The summed E-state index contributed by atoms with van der Waals surface area (Å²) in [4.78, 5) is 29.1. The molecule has 0 saturated heterocycles. The molecule has 0 bridgehead atoms. The van der Waals surface area contributed by atoms with Gasteiger partial charge in [-0.3, -0.25) is 9.59 Å². The van der Waals surface area contributed by atoms with E-state index in [0.717, 1.165) is 15.6 Å². The van der Waals surface area contributed by atoms with E-state index in [4.69, 9.17) is 9.47 Å². The quantitative estimate of drug-likeness (QED) is 0.318. The first-order valence-electron chi connectivity index (χ1n) is 9.07. The molecule has 2 heterocycles. The van der Waals surface area contributed by atoms with Crippen molar-refractivity contribution in [2.24, 2.45) is 0 Å². The van der Waals surface area contributed by atoms with Crippen LogP contribution in [0.25, 0.3) is 22.4 Å². The molecule has 0 N–H and O–H groups in total.